The summed E-state index contributed by atoms with van der Waals surface area (Å²) in [5.41, 5.74) is 2.29. The molecule has 0 amide bonds. The van der Waals surface area contributed by atoms with Crippen LogP contribution in [0.15, 0.2) is 54.6 Å². The molecule has 0 N–H and O–H groups in total. The predicted octanol–water partition coefficient (Wildman–Crippen LogP) is 6.71. The number of unbranched alkanes of at least 4 members (excludes halogenated alkanes) is 5. The van der Waals surface area contributed by atoms with Crippen molar-refractivity contribution in [3.8, 4) is 5.75 Å². The van der Waals surface area contributed by atoms with Gasteiger partial charge in [0.2, 0.25) is 0 Å². The summed E-state index contributed by atoms with van der Waals surface area (Å²) in [4.78, 5) is 0. The average molecular weight is 350 g/mol. The van der Waals surface area contributed by atoms with Gasteiger partial charge in [-0.2, -0.15) is 0 Å². The van der Waals surface area contributed by atoms with Crippen LogP contribution >= 0.6 is 0 Å². The molecule has 0 aliphatic carbocycles. The molecule has 0 heterocycles. The summed E-state index contributed by atoms with van der Waals surface area (Å²) in [7, 11) is 0. The first-order valence-corrected chi connectivity index (χ1v) is 8.91. The fourth-order valence-corrected chi connectivity index (χ4v) is 2.91. The first-order valence-electron chi connectivity index (χ1n) is 8.91. The van der Waals surface area contributed by atoms with Crippen molar-refractivity contribution in [2.24, 2.45) is 0 Å². The molecule has 0 unspecified atom stereocenters. The normalized spacial score (nSPS) is 11.5. The highest BCUT2D eigenvalue weighted by molar-refractivity contribution is 5.28. The number of halogens is 3. The second-order valence-electron chi connectivity index (χ2n) is 6.30. The lowest BCUT2D eigenvalue weighted by atomic mass is 10.0. The van der Waals surface area contributed by atoms with Crippen molar-refractivity contribution in [1.29, 1.82) is 0 Å². The van der Waals surface area contributed by atoms with Gasteiger partial charge in [0.05, 0.1) is 0 Å². The number of hydrogen-bond donors (Lipinski definition) is 0. The first kappa shape index (κ1) is 19.4. The molecular formula is C21H25F3O. The molecule has 0 aliphatic heterocycles. The lowest BCUT2D eigenvalue weighted by molar-refractivity contribution is -0.274. The molecule has 0 atom stereocenters. The molecule has 0 saturated carbocycles. The molecule has 2 rings (SSSR count). The van der Waals surface area contributed by atoms with Crippen molar-refractivity contribution in [2.45, 2.75) is 57.7 Å². The van der Waals surface area contributed by atoms with Gasteiger partial charge >= 0.3 is 6.36 Å². The Morgan fingerprint density at radius 3 is 1.84 bits per heavy atom. The summed E-state index contributed by atoms with van der Waals surface area (Å²) in [6.07, 6.45) is 4.22. The van der Waals surface area contributed by atoms with E-state index in [0.29, 0.717) is 0 Å². The second-order valence-corrected chi connectivity index (χ2v) is 6.30. The van der Waals surface area contributed by atoms with E-state index in [9.17, 15) is 13.2 Å². The lowest BCUT2D eigenvalue weighted by Crippen LogP contribution is -2.17. The van der Waals surface area contributed by atoms with Crippen LogP contribution in [-0.2, 0) is 12.8 Å². The summed E-state index contributed by atoms with van der Waals surface area (Å²) in [6, 6.07) is 16.8. The van der Waals surface area contributed by atoms with Crippen LogP contribution in [0.5, 0.6) is 5.75 Å². The third-order valence-corrected chi connectivity index (χ3v) is 4.16. The van der Waals surface area contributed by atoms with E-state index in [2.05, 4.69) is 29.0 Å². The Kier molecular flexibility index (Phi) is 7.83. The van der Waals surface area contributed by atoms with Crippen LogP contribution in [0.25, 0.3) is 0 Å². The van der Waals surface area contributed by atoms with Gasteiger partial charge in [-0.05, 0) is 48.9 Å². The van der Waals surface area contributed by atoms with Crippen LogP contribution in [0.2, 0.25) is 0 Å². The minimum atomic E-state index is -4.63. The molecule has 0 saturated heterocycles. The molecule has 25 heavy (non-hydrogen) atoms. The van der Waals surface area contributed by atoms with Gasteiger partial charge in [-0.1, -0.05) is 68.1 Å². The van der Waals surface area contributed by atoms with Gasteiger partial charge in [0.1, 0.15) is 5.75 Å². The van der Waals surface area contributed by atoms with E-state index in [4.69, 9.17) is 0 Å². The van der Waals surface area contributed by atoms with Crippen molar-refractivity contribution in [3.63, 3.8) is 0 Å². The fourth-order valence-electron chi connectivity index (χ4n) is 2.91. The maximum atomic E-state index is 12.2. The van der Waals surface area contributed by atoms with Gasteiger partial charge in [0.25, 0.3) is 0 Å². The zero-order valence-electron chi connectivity index (χ0n) is 14.4. The van der Waals surface area contributed by atoms with Crippen LogP contribution in [0, 0.1) is 0 Å². The van der Waals surface area contributed by atoms with Crippen molar-refractivity contribution in [3.05, 3.63) is 65.7 Å². The summed E-state index contributed by atoms with van der Waals surface area (Å²) in [6.45, 7) is 0. The highest BCUT2D eigenvalue weighted by Gasteiger charge is 2.31. The molecule has 1 nitrogen and oxygen atoms in total. The minimum absolute atomic E-state index is 0.133. The van der Waals surface area contributed by atoms with Gasteiger partial charge in [-0.3, -0.25) is 0 Å². The van der Waals surface area contributed by atoms with Gasteiger partial charge < -0.3 is 4.74 Å². The number of alkyl halides is 3. The number of hydrogen-bond acceptors (Lipinski definition) is 1. The summed E-state index contributed by atoms with van der Waals surface area (Å²) in [5, 5.41) is 0. The molecule has 0 aliphatic rings. The van der Waals surface area contributed by atoms with Crippen molar-refractivity contribution in [2.75, 3.05) is 0 Å². The first-order chi connectivity index (χ1) is 12.0. The quantitative estimate of drug-likeness (QED) is 0.433. The number of ether oxygens (including phenoxy) is 1. The van der Waals surface area contributed by atoms with Gasteiger partial charge in [-0.25, -0.2) is 0 Å². The maximum absolute atomic E-state index is 12.2. The van der Waals surface area contributed by atoms with Crippen molar-refractivity contribution in [1.82, 2.24) is 0 Å². The molecule has 136 valence electrons. The summed E-state index contributed by atoms with van der Waals surface area (Å²) < 4.78 is 40.6. The average Bonchev–Trinajstić information content (AvgIpc) is 2.57. The largest absolute Gasteiger partial charge is 0.573 e. The summed E-state index contributed by atoms with van der Waals surface area (Å²) in [5.74, 6) is -0.133. The van der Waals surface area contributed by atoms with E-state index < -0.39 is 6.36 Å². The third kappa shape index (κ3) is 8.62. The van der Waals surface area contributed by atoms with E-state index in [-0.39, 0.29) is 5.75 Å². The molecule has 2 aromatic rings. The zero-order valence-corrected chi connectivity index (χ0v) is 14.4. The Balaban J connectivity index is 1.55. The van der Waals surface area contributed by atoms with E-state index in [0.717, 1.165) is 31.2 Å². The van der Waals surface area contributed by atoms with Crippen LogP contribution < -0.4 is 4.74 Å². The Bertz CT molecular complexity index is 608. The van der Waals surface area contributed by atoms with Crippen LogP contribution in [0.4, 0.5) is 13.2 Å². The van der Waals surface area contributed by atoms with Crippen LogP contribution in [-0.4, -0.2) is 6.36 Å². The number of aryl methyl sites for hydroxylation is 2. The van der Waals surface area contributed by atoms with E-state index in [1.807, 2.05) is 12.1 Å². The molecule has 2 aromatic carbocycles. The summed E-state index contributed by atoms with van der Waals surface area (Å²) >= 11 is 0. The Labute approximate surface area is 147 Å². The molecule has 4 heteroatoms. The number of benzene rings is 2. The molecule has 0 bridgehead atoms. The fraction of sp³-hybridized carbons (Fsp3) is 0.429. The monoisotopic (exact) mass is 350 g/mol. The highest BCUT2D eigenvalue weighted by Crippen LogP contribution is 2.24. The van der Waals surface area contributed by atoms with Crippen LogP contribution in [0.1, 0.15) is 49.7 Å². The van der Waals surface area contributed by atoms with E-state index >= 15 is 0 Å². The third-order valence-electron chi connectivity index (χ3n) is 4.16. The smallest absolute Gasteiger partial charge is 0.406 e. The molecule has 0 spiro atoms. The maximum Gasteiger partial charge on any atom is 0.573 e. The van der Waals surface area contributed by atoms with E-state index in [1.54, 1.807) is 6.07 Å². The van der Waals surface area contributed by atoms with Crippen molar-refractivity contribution >= 4 is 0 Å². The number of rotatable bonds is 10. The molecule has 0 aromatic heterocycles. The Hall–Kier alpha value is -1.97. The van der Waals surface area contributed by atoms with E-state index in [1.165, 1.54) is 43.4 Å². The lowest BCUT2D eigenvalue weighted by Gasteiger charge is -2.10. The van der Waals surface area contributed by atoms with Crippen molar-refractivity contribution < 1.29 is 17.9 Å². The van der Waals surface area contributed by atoms with Gasteiger partial charge in [0, 0.05) is 0 Å². The molecule has 0 radical (unpaired) electrons. The zero-order chi connectivity index (χ0) is 18.0. The topological polar surface area (TPSA) is 9.23 Å². The second kappa shape index (κ2) is 10.1. The Morgan fingerprint density at radius 1 is 0.640 bits per heavy atom. The predicted molar refractivity (Wildman–Crippen MR) is 94.7 cm³/mol. The molecular weight excluding hydrogens is 325 g/mol. The standard InChI is InChI=1S/C21H25F3O/c22-21(23,24)25-20-16-10-15-19(17-20)14-7-4-2-1-3-6-11-18-12-8-5-9-13-18/h5,8-10,12-13,15-17H,1-4,6-7,11,14H2. The highest BCUT2D eigenvalue weighted by atomic mass is 19.4. The Morgan fingerprint density at radius 2 is 1.20 bits per heavy atom. The SMILES string of the molecule is FC(F)(F)Oc1cccc(CCCCCCCCc2ccccc2)c1. The van der Waals surface area contributed by atoms with Gasteiger partial charge in [0.15, 0.2) is 0 Å². The molecule has 0 fully saturated rings. The minimum Gasteiger partial charge on any atom is -0.406 e. The van der Waals surface area contributed by atoms with Crippen LogP contribution in [0.3, 0.4) is 0 Å². The van der Waals surface area contributed by atoms with Gasteiger partial charge in [-0.15, -0.1) is 13.2 Å².